The van der Waals surface area contributed by atoms with Crippen LogP contribution in [0.25, 0.3) is 0 Å². The molecule has 0 aliphatic heterocycles. The minimum absolute atomic E-state index is 0.307. The van der Waals surface area contributed by atoms with Crippen LogP contribution in [0.5, 0.6) is 0 Å². The molecule has 0 spiro atoms. The lowest BCUT2D eigenvalue weighted by atomic mass is 10.4. The maximum Gasteiger partial charge on any atom is 0.264 e. The molecular weight excluding hydrogens is 204 g/mol. The summed E-state index contributed by atoms with van der Waals surface area (Å²) in [5.41, 5.74) is -0.307. The first-order valence-corrected chi connectivity index (χ1v) is 10.1. The first-order valence-electron chi connectivity index (χ1n) is 4.53. The maximum absolute atomic E-state index is 11.0. The third-order valence-corrected chi connectivity index (χ3v) is 4.35. The van der Waals surface area contributed by atoms with Crippen LogP contribution >= 0.6 is 0 Å². The van der Waals surface area contributed by atoms with Crippen LogP contribution in [0.3, 0.4) is 0 Å². The molecule has 0 aromatic rings. The van der Waals surface area contributed by atoms with Gasteiger partial charge in [-0.15, -0.1) is 0 Å². The van der Waals surface area contributed by atoms with Crippen LogP contribution in [0.15, 0.2) is 0 Å². The average Bonchev–Trinajstić information content (AvgIpc) is 2.36. The summed E-state index contributed by atoms with van der Waals surface area (Å²) in [6.07, 6.45) is 2.95. The van der Waals surface area contributed by atoms with Gasteiger partial charge < -0.3 is 0 Å². The standard InChI is InChI=1S/C8H18O3SSi/c1-12(9,10)11-8(5-6-8)7-13(2,3)4/h5-7H2,1-4H3. The molecule has 5 heteroatoms. The molecule has 13 heavy (non-hydrogen) atoms. The lowest BCUT2D eigenvalue weighted by molar-refractivity contribution is 0.209. The predicted octanol–water partition coefficient (Wildman–Crippen LogP) is 1.83. The van der Waals surface area contributed by atoms with E-state index in [1.807, 2.05) is 0 Å². The molecule has 0 unspecified atom stereocenters. The summed E-state index contributed by atoms with van der Waals surface area (Å²) in [4.78, 5) is 0. The molecule has 0 N–H and O–H groups in total. The smallest absolute Gasteiger partial charge is 0.264 e. The third-order valence-electron chi connectivity index (χ3n) is 1.99. The molecule has 1 saturated carbocycles. The Hall–Kier alpha value is 0.127. The maximum atomic E-state index is 11.0. The minimum Gasteiger partial charge on any atom is -0.264 e. The van der Waals surface area contributed by atoms with E-state index in [2.05, 4.69) is 19.6 Å². The second-order valence-electron chi connectivity index (χ2n) is 5.21. The molecule has 0 heterocycles. The molecule has 1 fully saturated rings. The minimum atomic E-state index is -3.27. The van der Waals surface area contributed by atoms with Gasteiger partial charge in [-0.2, -0.15) is 8.42 Å². The van der Waals surface area contributed by atoms with Gasteiger partial charge in [-0.25, -0.2) is 0 Å². The Morgan fingerprint density at radius 1 is 1.31 bits per heavy atom. The highest BCUT2D eigenvalue weighted by atomic mass is 32.2. The lowest BCUT2D eigenvalue weighted by Crippen LogP contribution is -2.31. The molecular formula is C8H18O3SSi. The van der Waals surface area contributed by atoms with Crippen molar-refractivity contribution in [3.05, 3.63) is 0 Å². The van der Waals surface area contributed by atoms with Gasteiger partial charge in [-0.3, -0.25) is 4.18 Å². The van der Waals surface area contributed by atoms with E-state index in [0.717, 1.165) is 25.1 Å². The van der Waals surface area contributed by atoms with Crippen LogP contribution in [-0.2, 0) is 14.3 Å². The van der Waals surface area contributed by atoms with Crippen molar-refractivity contribution in [3.8, 4) is 0 Å². The van der Waals surface area contributed by atoms with Gasteiger partial charge in [-0.1, -0.05) is 19.6 Å². The van der Waals surface area contributed by atoms with E-state index in [0.29, 0.717) is 0 Å². The van der Waals surface area contributed by atoms with Crippen molar-refractivity contribution in [1.82, 2.24) is 0 Å². The quantitative estimate of drug-likeness (QED) is 0.538. The summed E-state index contributed by atoms with van der Waals surface area (Å²) >= 11 is 0. The summed E-state index contributed by atoms with van der Waals surface area (Å²) < 4.78 is 27.1. The molecule has 0 radical (unpaired) electrons. The largest absolute Gasteiger partial charge is 0.264 e. The molecule has 1 aliphatic carbocycles. The molecule has 78 valence electrons. The summed E-state index contributed by atoms with van der Waals surface area (Å²) in [5, 5.41) is 0. The van der Waals surface area contributed by atoms with Crippen LogP contribution in [0.2, 0.25) is 25.7 Å². The van der Waals surface area contributed by atoms with Gasteiger partial charge in [0.05, 0.1) is 11.9 Å². The fourth-order valence-electron chi connectivity index (χ4n) is 1.72. The molecule has 3 nitrogen and oxygen atoms in total. The zero-order chi connectivity index (χ0) is 10.3. The van der Waals surface area contributed by atoms with Gasteiger partial charge in [0.2, 0.25) is 0 Å². The van der Waals surface area contributed by atoms with Crippen molar-refractivity contribution in [1.29, 1.82) is 0 Å². The summed E-state index contributed by atoms with van der Waals surface area (Å²) in [6, 6.07) is 0.951. The van der Waals surface area contributed by atoms with E-state index in [1.54, 1.807) is 0 Å². The Labute approximate surface area is 81.6 Å². The van der Waals surface area contributed by atoms with E-state index < -0.39 is 18.2 Å². The highest BCUT2D eigenvalue weighted by Gasteiger charge is 2.49. The fourth-order valence-corrected chi connectivity index (χ4v) is 5.05. The van der Waals surface area contributed by atoms with Gasteiger partial charge >= 0.3 is 0 Å². The van der Waals surface area contributed by atoms with Crippen molar-refractivity contribution in [2.24, 2.45) is 0 Å². The second-order valence-corrected chi connectivity index (χ2v) is 12.3. The van der Waals surface area contributed by atoms with Crippen LogP contribution in [-0.4, -0.2) is 28.3 Å². The fraction of sp³-hybridized carbons (Fsp3) is 1.00. The van der Waals surface area contributed by atoms with Gasteiger partial charge in [0.25, 0.3) is 10.1 Å². The van der Waals surface area contributed by atoms with E-state index in [9.17, 15) is 8.42 Å². The molecule has 0 amide bonds. The lowest BCUT2D eigenvalue weighted by Gasteiger charge is -2.23. The Kier molecular flexibility index (Phi) is 2.64. The first-order chi connectivity index (χ1) is 5.62. The Morgan fingerprint density at radius 3 is 2.00 bits per heavy atom. The van der Waals surface area contributed by atoms with E-state index in [4.69, 9.17) is 4.18 Å². The average molecular weight is 222 g/mol. The van der Waals surface area contributed by atoms with Crippen molar-refractivity contribution in [3.63, 3.8) is 0 Å². The number of rotatable bonds is 4. The second kappa shape index (κ2) is 3.07. The molecule has 0 aromatic carbocycles. The topological polar surface area (TPSA) is 43.4 Å². The SMILES string of the molecule is C[Si](C)(C)CC1(OS(C)(=O)=O)CC1. The van der Waals surface area contributed by atoms with E-state index in [-0.39, 0.29) is 5.60 Å². The summed E-state index contributed by atoms with van der Waals surface area (Å²) in [6.45, 7) is 6.70. The van der Waals surface area contributed by atoms with Crippen LogP contribution < -0.4 is 0 Å². The van der Waals surface area contributed by atoms with Crippen molar-refractivity contribution >= 4 is 18.2 Å². The van der Waals surface area contributed by atoms with Gasteiger partial charge in [-0.05, 0) is 18.9 Å². The van der Waals surface area contributed by atoms with Gasteiger partial charge in [0.1, 0.15) is 0 Å². The normalized spacial score (nSPS) is 21.5. The monoisotopic (exact) mass is 222 g/mol. The highest BCUT2D eigenvalue weighted by Crippen LogP contribution is 2.47. The summed E-state index contributed by atoms with van der Waals surface area (Å²) in [7, 11) is -4.49. The Bertz CT molecular complexity index is 285. The van der Waals surface area contributed by atoms with Crippen molar-refractivity contribution in [2.75, 3.05) is 6.26 Å². The molecule has 1 rings (SSSR count). The van der Waals surface area contributed by atoms with Crippen molar-refractivity contribution in [2.45, 2.75) is 44.1 Å². The Balaban J connectivity index is 2.59. The van der Waals surface area contributed by atoms with E-state index >= 15 is 0 Å². The van der Waals surface area contributed by atoms with Crippen LogP contribution in [0, 0.1) is 0 Å². The molecule has 1 aliphatic rings. The van der Waals surface area contributed by atoms with Crippen LogP contribution in [0.4, 0.5) is 0 Å². The molecule has 0 atom stereocenters. The molecule has 0 aromatic heterocycles. The zero-order valence-electron chi connectivity index (χ0n) is 8.75. The van der Waals surface area contributed by atoms with Crippen LogP contribution in [0.1, 0.15) is 12.8 Å². The molecule has 0 bridgehead atoms. The molecule has 0 saturated heterocycles. The Morgan fingerprint density at radius 2 is 1.77 bits per heavy atom. The number of hydrogen-bond donors (Lipinski definition) is 0. The zero-order valence-corrected chi connectivity index (χ0v) is 10.6. The number of hydrogen-bond acceptors (Lipinski definition) is 3. The predicted molar refractivity (Wildman–Crippen MR) is 56.0 cm³/mol. The van der Waals surface area contributed by atoms with E-state index in [1.165, 1.54) is 0 Å². The van der Waals surface area contributed by atoms with Gasteiger partial charge in [0.15, 0.2) is 0 Å². The van der Waals surface area contributed by atoms with Crippen molar-refractivity contribution < 1.29 is 12.6 Å². The van der Waals surface area contributed by atoms with Gasteiger partial charge in [0, 0.05) is 8.07 Å². The highest BCUT2D eigenvalue weighted by molar-refractivity contribution is 7.86. The summed E-state index contributed by atoms with van der Waals surface area (Å²) in [5.74, 6) is 0. The third kappa shape index (κ3) is 4.24. The first kappa shape index (κ1) is 11.2.